The molecule has 0 unspecified atom stereocenters. The molecule has 5 rings (SSSR count). The quantitative estimate of drug-likeness (QED) is 0.304. The van der Waals surface area contributed by atoms with E-state index in [0.29, 0.717) is 44.3 Å². The maximum atomic E-state index is 14.9. The van der Waals surface area contributed by atoms with Gasteiger partial charge in [-0.05, 0) is 51.1 Å². The molecule has 1 saturated heterocycles. The Labute approximate surface area is 257 Å². The number of amides is 2. The number of benzene rings is 2. The molecule has 17 heteroatoms. The summed E-state index contributed by atoms with van der Waals surface area (Å²) in [6, 6.07) is 4.98. The summed E-state index contributed by atoms with van der Waals surface area (Å²) >= 11 is 0. The van der Waals surface area contributed by atoms with Gasteiger partial charge in [0.2, 0.25) is 11.7 Å². The number of rotatable bonds is 5. The Balaban J connectivity index is 1.34. The predicted octanol–water partition coefficient (Wildman–Crippen LogP) is 4.80. The smallest absolute Gasteiger partial charge is 0.451 e. The Kier molecular flexibility index (Phi) is 8.51. The molecule has 0 spiro atoms. The van der Waals surface area contributed by atoms with Crippen molar-refractivity contribution in [3.8, 4) is 17.2 Å². The van der Waals surface area contributed by atoms with E-state index >= 15 is 0 Å². The minimum atomic E-state index is -5.31. The summed E-state index contributed by atoms with van der Waals surface area (Å²) in [6.45, 7) is 7.09. The number of alkyl halides is 3. The number of carbonyl (C=O) groups excluding carboxylic acids is 2. The van der Waals surface area contributed by atoms with Gasteiger partial charge in [-0.15, -0.1) is 0 Å². The molecule has 1 aliphatic rings. The van der Waals surface area contributed by atoms with E-state index in [4.69, 9.17) is 9.47 Å². The fraction of sp³-hybridized carbons (Fsp3) is 0.310. The fourth-order valence-electron chi connectivity index (χ4n) is 4.40. The lowest BCUT2D eigenvalue weighted by Gasteiger charge is -2.35. The van der Waals surface area contributed by atoms with Crippen LogP contribution in [0.3, 0.4) is 0 Å². The highest BCUT2D eigenvalue weighted by atomic mass is 19.4. The number of hydrogen-bond acceptors (Lipinski definition) is 9. The van der Waals surface area contributed by atoms with E-state index in [9.17, 15) is 36.3 Å². The first kappa shape index (κ1) is 32.1. The Hall–Kier alpha value is -5.35. The first-order valence-electron chi connectivity index (χ1n) is 13.7. The van der Waals surface area contributed by atoms with Crippen molar-refractivity contribution in [2.75, 3.05) is 36.4 Å². The lowest BCUT2D eigenvalue weighted by atomic mass is 10.2. The topological polar surface area (TPSA) is 132 Å². The summed E-state index contributed by atoms with van der Waals surface area (Å²) in [5.74, 6) is -6.28. The van der Waals surface area contributed by atoms with E-state index in [-0.39, 0.29) is 22.3 Å². The standard InChI is InChI=1S/C29H26F5N7O5/c1-28(2,3)46-27(44)40-10-8-39(9-11-40)26-35-13-16(14-36-26)41-15-37-20-6-4-17(12-18(20)24(41)42)45-23-19(30)5-7-21(22(23)31)38-25(43)29(32,33)34/h4-7,12-15H,8-11H2,1-3H3,(H,38,43). The molecule has 0 aliphatic carbocycles. The fourth-order valence-corrected chi connectivity index (χ4v) is 4.40. The lowest BCUT2D eigenvalue weighted by molar-refractivity contribution is -0.167. The van der Waals surface area contributed by atoms with Crippen LogP contribution in [0.2, 0.25) is 0 Å². The SMILES string of the molecule is CC(C)(C)OC(=O)N1CCN(c2ncc(-n3cnc4ccc(Oc5c(F)ccc(NC(=O)C(F)(F)F)c5F)cc4c3=O)cn2)CC1. The zero-order valence-electron chi connectivity index (χ0n) is 24.6. The second-order valence-corrected chi connectivity index (χ2v) is 11.1. The molecule has 0 atom stereocenters. The van der Waals surface area contributed by atoms with Gasteiger partial charge in [0.15, 0.2) is 11.6 Å². The molecule has 12 nitrogen and oxygen atoms in total. The molecule has 2 amide bonds. The number of fused-ring (bicyclic) bond motifs is 1. The third-order valence-electron chi connectivity index (χ3n) is 6.62. The van der Waals surface area contributed by atoms with Crippen molar-refractivity contribution in [2.45, 2.75) is 32.5 Å². The van der Waals surface area contributed by atoms with Gasteiger partial charge < -0.3 is 24.6 Å². The van der Waals surface area contributed by atoms with Gasteiger partial charge in [0, 0.05) is 26.2 Å². The number of nitrogens with zero attached hydrogens (tertiary/aromatic N) is 6. The van der Waals surface area contributed by atoms with Gasteiger partial charge in [0.1, 0.15) is 17.7 Å². The van der Waals surface area contributed by atoms with Crippen LogP contribution in [0.25, 0.3) is 16.6 Å². The molecule has 1 aliphatic heterocycles. The predicted molar refractivity (Wildman–Crippen MR) is 154 cm³/mol. The summed E-state index contributed by atoms with van der Waals surface area (Å²) in [7, 11) is 0. The summed E-state index contributed by atoms with van der Waals surface area (Å²) in [6.07, 6.45) is -1.66. The molecule has 0 radical (unpaired) electrons. The molecule has 242 valence electrons. The first-order chi connectivity index (χ1) is 21.6. The van der Waals surface area contributed by atoms with Crippen LogP contribution in [0.4, 0.5) is 38.4 Å². The molecular formula is C29H26F5N7O5. The average molecular weight is 648 g/mol. The van der Waals surface area contributed by atoms with Gasteiger partial charge in [-0.25, -0.2) is 28.5 Å². The van der Waals surface area contributed by atoms with Crippen LogP contribution < -0.4 is 20.5 Å². The Morgan fingerprint density at radius 1 is 0.935 bits per heavy atom. The van der Waals surface area contributed by atoms with E-state index in [1.807, 2.05) is 4.90 Å². The van der Waals surface area contributed by atoms with Crippen molar-refractivity contribution in [3.63, 3.8) is 0 Å². The number of carbonyl (C=O) groups is 2. The van der Waals surface area contributed by atoms with Gasteiger partial charge >= 0.3 is 18.2 Å². The van der Waals surface area contributed by atoms with Crippen LogP contribution in [-0.2, 0) is 9.53 Å². The number of halogens is 5. The Morgan fingerprint density at radius 3 is 2.24 bits per heavy atom. The Bertz CT molecular complexity index is 1850. The van der Waals surface area contributed by atoms with E-state index in [1.54, 1.807) is 25.7 Å². The van der Waals surface area contributed by atoms with Crippen molar-refractivity contribution < 1.29 is 41.0 Å². The van der Waals surface area contributed by atoms with Gasteiger partial charge in [0.05, 0.1) is 34.7 Å². The highest BCUT2D eigenvalue weighted by Crippen LogP contribution is 2.33. The third-order valence-corrected chi connectivity index (χ3v) is 6.62. The van der Waals surface area contributed by atoms with Crippen LogP contribution in [0.1, 0.15) is 20.8 Å². The molecule has 2 aromatic heterocycles. The number of ether oxygens (including phenoxy) is 2. The molecule has 0 saturated carbocycles. The van der Waals surface area contributed by atoms with E-state index in [2.05, 4.69) is 15.0 Å². The summed E-state index contributed by atoms with van der Waals surface area (Å²) in [5, 5.41) is 1.30. The van der Waals surface area contributed by atoms with Gasteiger partial charge in [-0.3, -0.25) is 14.2 Å². The van der Waals surface area contributed by atoms with Crippen molar-refractivity contribution in [1.29, 1.82) is 0 Å². The largest absolute Gasteiger partial charge is 0.471 e. The van der Waals surface area contributed by atoms with Gasteiger partial charge in [-0.2, -0.15) is 13.2 Å². The Morgan fingerprint density at radius 2 is 1.61 bits per heavy atom. The van der Waals surface area contributed by atoms with E-state index in [0.717, 1.165) is 10.6 Å². The molecular weight excluding hydrogens is 621 g/mol. The highest BCUT2D eigenvalue weighted by molar-refractivity contribution is 5.95. The third kappa shape index (κ3) is 6.97. The lowest BCUT2D eigenvalue weighted by Crippen LogP contribution is -2.50. The highest BCUT2D eigenvalue weighted by Gasteiger charge is 2.39. The number of aromatic nitrogens is 4. The molecule has 46 heavy (non-hydrogen) atoms. The number of anilines is 2. The normalized spacial score (nSPS) is 13.9. The van der Waals surface area contributed by atoms with Crippen LogP contribution in [0, 0.1) is 11.6 Å². The number of nitrogens with one attached hydrogen (secondary N) is 1. The van der Waals surface area contributed by atoms with Crippen LogP contribution in [-0.4, -0.2) is 74.4 Å². The van der Waals surface area contributed by atoms with Gasteiger partial charge in [0.25, 0.3) is 5.56 Å². The summed E-state index contributed by atoms with van der Waals surface area (Å²) < 4.78 is 79.0. The van der Waals surface area contributed by atoms with Crippen molar-refractivity contribution >= 4 is 34.5 Å². The summed E-state index contributed by atoms with van der Waals surface area (Å²) in [5.41, 5.74) is -1.71. The molecule has 1 fully saturated rings. The first-order valence-corrected chi connectivity index (χ1v) is 13.7. The monoisotopic (exact) mass is 647 g/mol. The van der Waals surface area contributed by atoms with Crippen molar-refractivity contribution in [1.82, 2.24) is 24.4 Å². The van der Waals surface area contributed by atoms with E-state index in [1.165, 1.54) is 36.2 Å². The van der Waals surface area contributed by atoms with Crippen molar-refractivity contribution in [3.05, 3.63) is 71.0 Å². The molecule has 2 aromatic carbocycles. The summed E-state index contributed by atoms with van der Waals surface area (Å²) in [4.78, 5) is 53.3. The van der Waals surface area contributed by atoms with Crippen LogP contribution >= 0.6 is 0 Å². The van der Waals surface area contributed by atoms with Gasteiger partial charge in [-0.1, -0.05) is 0 Å². The minimum absolute atomic E-state index is 0.0234. The van der Waals surface area contributed by atoms with E-state index < -0.39 is 52.4 Å². The zero-order valence-corrected chi connectivity index (χ0v) is 24.6. The van der Waals surface area contributed by atoms with Crippen molar-refractivity contribution in [2.24, 2.45) is 0 Å². The number of hydrogen-bond donors (Lipinski definition) is 1. The average Bonchev–Trinajstić information content (AvgIpc) is 3.00. The zero-order chi connectivity index (χ0) is 33.4. The maximum absolute atomic E-state index is 14.9. The molecule has 3 heterocycles. The number of piperazine rings is 1. The molecule has 1 N–H and O–H groups in total. The second-order valence-electron chi connectivity index (χ2n) is 11.1. The molecule has 4 aromatic rings. The second kappa shape index (κ2) is 12.2. The maximum Gasteiger partial charge on any atom is 0.471 e. The van der Waals surface area contributed by atoms with Crippen LogP contribution in [0.5, 0.6) is 11.5 Å². The van der Waals surface area contributed by atoms with Crippen LogP contribution in [0.15, 0.2) is 53.8 Å². The minimum Gasteiger partial charge on any atom is -0.451 e. The molecule has 0 bridgehead atoms.